The Morgan fingerprint density at radius 3 is 2.67 bits per heavy atom. The molecule has 1 amide bonds. The average molecular weight is 335 g/mol. The van der Waals surface area contributed by atoms with E-state index in [4.69, 9.17) is 0 Å². The molecule has 0 bridgehead atoms. The fourth-order valence-electron chi connectivity index (χ4n) is 2.22. The second kappa shape index (κ2) is 5.88. The van der Waals surface area contributed by atoms with E-state index in [1.165, 1.54) is 12.1 Å². The number of ether oxygens (including phenoxy) is 1. The van der Waals surface area contributed by atoms with Gasteiger partial charge in [-0.1, -0.05) is 12.1 Å². The van der Waals surface area contributed by atoms with Crippen LogP contribution in [0.1, 0.15) is 16.2 Å². The van der Waals surface area contributed by atoms with Crippen LogP contribution in [0.5, 0.6) is 5.75 Å². The van der Waals surface area contributed by atoms with Crippen molar-refractivity contribution in [2.45, 2.75) is 13.3 Å². The lowest BCUT2D eigenvalue weighted by Crippen LogP contribution is -2.17. The third-order valence-corrected chi connectivity index (χ3v) is 3.25. The van der Waals surface area contributed by atoms with Gasteiger partial charge < -0.3 is 14.5 Å². The molecule has 0 saturated carbocycles. The molecule has 5 nitrogen and oxygen atoms in total. The van der Waals surface area contributed by atoms with Gasteiger partial charge in [-0.05, 0) is 31.2 Å². The summed E-state index contributed by atoms with van der Waals surface area (Å²) < 4.78 is 42.3. The van der Waals surface area contributed by atoms with Crippen molar-refractivity contribution in [3.8, 4) is 5.75 Å². The quantitative estimate of drug-likeness (QED) is 0.792. The Hall–Kier alpha value is -3.03. The number of alkyl halides is 3. The highest BCUT2D eigenvalue weighted by atomic mass is 19.4. The predicted octanol–water partition coefficient (Wildman–Crippen LogP) is 3.79. The van der Waals surface area contributed by atoms with Crippen LogP contribution >= 0.6 is 0 Å². The smallest absolute Gasteiger partial charge is 0.406 e. The van der Waals surface area contributed by atoms with Crippen LogP contribution < -0.4 is 10.1 Å². The van der Waals surface area contributed by atoms with Gasteiger partial charge in [-0.2, -0.15) is 0 Å². The van der Waals surface area contributed by atoms with Gasteiger partial charge in [-0.3, -0.25) is 4.79 Å². The van der Waals surface area contributed by atoms with Crippen LogP contribution in [0.3, 0.4) is 0 Å². The minimum Gasteiger partial charge on any atom is -0.406 e. The third-order valence-electron chi connectivity index (χ3n) is 3.25. The van der Waals surface area contributed by atoms with Gasteiger partial charge in [-0.15, -0.1) is 13.2 Å². The summed E-state index contributed by atoms with van der Waals surface area (Å²) in [5.41, 5.74) is 1.84. The standard InChI is InChI=1S/C16H12F3N3O2/c1-10-4-2-7-14-21-13(9-22(10)14)15(23)20-11-5-3-6-12(8-11)24-16(17,18)19/h2-9H,1H3,(H,20,23). The van der Waals surface area contributed by atoms with Crippen molar-refractivity contribution in [1.82, 2.24) is 9.38 Å². The fraction of sp³-hybridized carbons (Fsp3) is 0.125. The zero-order valence-corrected chi connectivity index (χ0v) is 12.5. The molecule has 0 aliphatic heterocycles. The molecule has 3 rings (SSSR count). The zero-order chi connectivity index (χ0) is 17.3. The van der Waals surface area contributed by atoms with Crippen molar-refractivity contribution < 1.29 is 22.7 Å². The highest BCUT2D eigenvalue weighted by Gasteiger charge is 2.31. The van der Waals surface area contributed by atoms with Gasteiger partial charge in [0, 0.05) is 23.6 Å². The molecule has 24 heavy (non-hydrogen) atoms. The number of halogens is 3. The van der Waals surface area contributed by atoms with E-state index in [2.05, 4.69) is 15.0 Å². The molecule has 1 N–H and O–H groups in total. The summed E-state index contributed by atoms with van der Waals surface area (Å²) in [5.74, 6) is -0.937. The van der Waals surface area contributed by atoms with Crippen molar-refractivity contribution in [3.63, 3.8) is 0 Å². The number of benzene rings is 1. The normalized spacial score (nSPS) is 11.5. The van der Waals surface area contributed by atoms with E-state index in [1.54, 1.807) is 16.7 Å². The van der Waals surface area contributed by atoms with E-state index < -0.39 is 18.0 Å². The van der Waals surface area contributed by atoms with Crippen LogP contribution in [0.2, 0.25) is 0 Å². The number of imidazole rings is 1. The first-order valence-electron chi connectivity index (χ1n) is 6.94. The molecule has 3 aromatic rings. The average Bonchev–Trinajstić information content (AvgIpc) is 2.91. The monoisotopic (exact) mass is 335 g/mol. The first kappa shape index (κ1) is 15.9. The molecule has 2 aromatic heterocycles. The Morgan fingerprint density at radius 1 is 1.21 bits per heavy atom. The van der Waals surface area contributed by atoms with Gasteiger partial charge in [0.05, 0.1) is 0 Å². The number of hydrogen-bond donors (Lipinski definition) is 1. The topological polar surface area (TPSA) is 55.6 Å². The maximum atomic E-state index is 12.2. The number of aromatic nitrogens is 2. The highest BCUT2D eigenvalue weighted by molar-refractivity contribution is 6.03. The molecule has 0 aliphatic carbocycles. The Labute approximate surface area is 134 Å². The van der Waals surface area contributed by atoms with Crippen LogP contribution in [0.15, 0.2) is 48.7 Å². The minimum atomic E-state index is -4.79. The third kappa shape index (κ3) is 3.48. The lowest BCUT2D eigenvalue weighted by molar-refractivity contribution is -0.274. The first-order chi connectivity index (χ1) is 11.3. The van der Waals surface area contributed by atoms with Crippen molar-refractivity contribution >= 4 is 17.2 Å². The summed E-state index contributed by atoms with van der Waals surface area (Å²) in [6.45, 7) is 1.87. The maximum Gasteiger partial charge on any atom is 0.573 e. The van der Waals surface area contributed by atoms with E-state index in [1.807, 2.05) is 19.1 Å². The molecule has 0 saturated heterocycles. The summed E-state index contributed by atoms with van der Waals surface area (Å²) in [7, 11) is 0. The van der Waals surface area contributed by atoms with E-state index >= 15 is 0 Å². The van der Waals surface area contributed by atoms with Gasteiger partial charge in [-0.25, -0.2) is 4.98 Å². The van der Waals surface area contributed by atoms with Crippen molar-refractivity contribution in [1.29, 1.82) is 0 Å². The number of fused-ring (bicyclic) bond motifs is 1. The molecule has 124 valence electrons. The first-order valence-corrected chi connectivity index (χ1v) is 6.94. The largest absolute Gasteiger partial charge is 0.573 e. The van der Waals surface area contributed by atoms with Crippen LogP contribution in [-0.4, -0.2) is 21.7 Å². The molecular weight excluding hydrogens is 323 g/mol. The summed E-state index contributed by atoms with van der Waals surface area (Å²) >= 11 is 0. The molecule has 8 heteroatoms. The fourth-order valence-corrected chi connectivity index (χ4v) is 2.22. The molecule has 1 aromatic carbocycles. The lowest BCUT2D eigenvalue weighted by Gasteiger charge is -2.10. The van der Waals surface area contributed by atoms with Gasteiger partial charge in [0.2, 0.25) is 0 Å². The highest BCUT2D eigenvalue weighted by Crippen LogP contribution is 2.25. The molecule has 0 spiro atoms. The number of pyridine rings is 1. The molecule has 0 unspecified atom stereocenters. The molecule has 0 aliphatic rings. The minimum absolute atomic E-state index is 0.159. The predicted molar refractivity (Wildman–Crippen MR) is 81.0 cm³/mol. The number of amides is 1. The van der Waals surface area contributed by atoms with Crippen LogP contribution in [0, 0.1) is 6.92 Å². The number of carbonyl (C=O) groups is 1. The van der Waals surface area contributed by atoms with Gasteiger partial charge >= 0.3 is 6.36 Å². The second-order valence-electron chi connectivity index (χ2n) is 5.05. The summed E-state index contributed by atoms with van der Waals surface area (Å²) in [5, 5.41) is 2.50. The van der Waals surface area contributed by atoms with Crippen molar-refractivity contribution in [2.75, 3.05) is 5.32 Å². The van der Waals surface area contributed by atoms with Crippen molar-refractivity contribution in [3.05, 3.63) is 60.0 Å². The van der Waals surface area contributed by atoms with Crippen molar-refractivity contribution in [2.24, 2.45) is 0 Å². The molecule has 0 fully saturated rings. The Bertz CT molecular complexity index is 903. The number of nitrogens with one attached hydrogen (secondary N) is 1. The van der Waals surface area contributed by atoms with E-state index in [9.17, 15) is 18.0 Å². The van der Waals surface area contributed by atoms with Gasteiger partial charge in [0.15, 0.2) is 0 Å². The summed E-state index contributed by atoms with van der Waals surface area (Å²) in [4.78, 5) is 16.4. The summed E-state index contributed by atoms with van der Waals surface area (Å²) in [6.07, 6.45) is -3.22. The van der Waals surface area contributed by atoms with E-state index in [-0.39, 0.29) is 11.4 Å². The van der Waals surface area contributed by atoms with Crippen LogP contribution in [-0.2, 0) is 0 Å². The number of carbonyl (C=O) groups excluding carboxylic acids is 1. The summed E-state index contributed by atoms with van der Waals surface area (Å²) in [6, 6.07) is 10.5. The lowest BCUT2D eigenvalue weighted by atomic mass is 10.3. The second-order valence-corrected chi connectivity index (χ2v) is 5.05. The number of hydrogen-bond acceptors (Lipinski definition) is 3. The zero-order valence-electron chi connectivity index (χ0n) is 12.5. The Kier molecular flexibility index (Phi) is 3.88. The van der Waals surface area contributed by atoms with Gasteiger partial charge in [0.25, 0.3) is 5.91 Å². The number of aryl methyl sites for hydroxylation is 1. The Morgan fingerprint density at radius 2 is 1.96 bits per heavy atom. The SMILES string of the molecule is Cc1cccc2nc(C(=O)Nc3cccc(OC(F)(F)F)c3)cn12. The molecule has 2 heterocycles. The van der Waals surface area contributed by atoms with Gasteiger partial charge in [0.1, 0.15) is 17.1 Å². The number of rotatable bonds is 3. The maximum absolute atomic E-state index is 12.2. The molecule has 0 atom stereocenters. The Balaban J connectivity index is 1.81. The number of anilines is 1. The van der Waals surface area contributed by atoms with Crippen LogP contribution in [0.4, 0.5) is 18.9 Å². The molecule has 0 radical (unpaired) electrons. The van der Waals surface area contributed by atoms with E-state index in [0.29, 0.717) is 5.65 Å². The number of nitrogens with zero attached hydrogens (tertiary/aromatic N) is 2. The molecular formula is C16H12F3N3O2. The van der Waals surface area contributed by atoms with E-state index in [0.717, 1.165) is 17.8 Å². The van der Waals surface area contributed by atoms with Crippen LogP contribution in [0.25, 0.3) is 5.65 Å².